The van der Waals surface area contributed by atoms with Gasteiger partial charge in [0, 0.05) is 25.7 Å². The highest BCUT2D eigenvalue weighted by Crippen LogP contribution is 2.18. The van der Waals surface area contributed by atoms with Crippen LogP contribution >= 0.6 is 0 Å². The van der Waals surface area contributed by atoms with Crippen LogP contribution in [0.5, 0.6) is 0 Å². The molecule has 0 radical (unpaired) electrons. The number of carbonyl (C=O) groups is 4. The van der Waals surface area contributed by atoms with E-state index >= 15 is 0 Å². The summed E-state index contributed by atoms with van der Waals surface area (Å²) in [5.74, 6) is -1.94. The molecule has 0 aliphatic carbocycles. The number of aliphatic carboxylic acids is 2. The summed E-state index contributed by atoms with van der Waals surface area (Å²) in [7, 11) is 0. The smallest absolute Gasteiger partial charge is 0.328 e. The Bertz CT molecular complexity index is 878. The molecular weight excluding hydrogens is 692 g/mol. The highest BCUT2D eigenvalue weighted by molar-refractivity contribution is 5.80. The third-order valence-electron chi connectivity index (χ3n) is 10.5. The number of ketones is 2. The van der Waals surface area contributed by atoms with Gasteiger partial charge in [0.15, 0.2) is 11.1 Å². The Morgan fingerprint density at radius 1 is 0.426 bits per heavy atom. The number of hydrogen-bond acceptors (Lipinski definition) is 10. The Hall–Kier alpha value is -1.96. The maximum atomic E-state index is 11.7. The molecule has 4 atom stereocenters. The molecule has 0 spiro atoms. The molecule has 54 heavy (non-hydrogen) atoms. The van der Waals surface area contributed by atoms with Gasteiger partial charge in [-0.2, -0.15) is 0 Å². The van der Waals surface area contributed by atoms with Gasteiger partial charge in [0.1, 0.15) is 11.6 Å². The van der Waals surface area contributed by atoms with Crippen molar-refractivity contribution >= 4 is 23.5 Å². The molecular formula is C42H82N2O10. The quantitative estimate of drug-likeness (QED) is 0.0292. The second-order valence-corrected chi connectivity index (χ2v) is 15.5. The van der Waals surface area contributed by atoms with Crippen molar-refractivity contribution in [3.63, 3.8) is 0 Å². The van der Waals surface area contributed by atoms with Crippen LogP contribution < -0.4 is 11.5 Å². The van der Waals surface area contributed by atoms with Crippen molar-refractivity contribution in [1.82, 2.24) is 0 Å². The van der Waals surface area contributed by atoms with Crippen LogP contribution in [0.4, 0.5) is 0 Å². The normalized spacial score (nSPS) is 14.7. The predicted molar refractivity (Wildman–Crippen MR) is 215 cm³/mol. The second kappa shape index (κ2) is 35.5. The number of nitrogens with two attached hydrogens (primary N) is 2. The molecule has 320 valence electrons. The van der Waals surface area contributed by atoms with Gasteiger partial charge in [-0.15, -0.1) is 0 Å². The number of rotatable bonds is 38. The van der Waals surface area contributed by atoms with Crippen LogP contribution in [0.2, 0.25) is 0 Å². The monoisotopic (exact) mass is 775 g/mol. The summed E-state index contributed by atoms with van der Waals surface area (Å²) in [6.07, 6.45) is 26.5. The van der Waals surface area contributed by atoms with Gasteiger partial charge in [-0.25, -0.2) is 0 Å². The highest BCUT2D eigenvalue weighted by atomic mass is 16.4. The van der Waals surface area contributed by atoms with Gasteiger partial charge in [0.25, 0.3) is 0 Å². The average Bonchev–Trinajstić information content (AvgIpc) is 3.15. The molecule has 0 heterocycles. The highest BCUT2D eigenvalue weighted by Gasteiger charge is 2.41. The predicted octanol–water partition coefficient (Wildman–Crippen LogP) is 7.12. The minimum atomic E-state index is -1.96. The Morgan fingerprint density at radius 3 is 0.870 bits per heavy atom. The minimum absolute atomic E-state index is 0.281. The van der Waals surface area contributed by atoms with E-state index in [2.05, 4.69) is 13.8 Å². The van der Waals surface area contributed by atoms with E-state index in [1.165, 1.54) is 38.5 Å². The van der Waals surface area contributed by atoms with E-state index in [4.69, 9.17) is 31.9 Å². The largest absolute Gasteiger partial charge is 0.480 e. The lowest BCUT2D eigenvalue weighted by Gasteiger charge is -2.27. The van der Waals surface area contributed by atoms with E-state index in [1.807, 2.05) is 0 Å². The third-order valence-corrected chi connectivity index (χ3v) is 10.5. The first-order chi connectivity index (χ1) is 25.8. The van der Waals surface area contributed by atoms with Crippen LogP contribution in [0, 0.1) is 0 Å². The second-order valence-electron chi connectivity index (χ2n) is 15.5. The standard InChI is InChI=1S/2C21H41NO5/c2*1-2-3-4-11-14-18(24)15-12-9-7-5-6-8-10-13-16-19(25)21(22,17-23)20(26)27/h2*19,23,25H,2-17,22H2,1H3,(H,26,27)/t19-,21+;/m1./s1. The zero-order chi connectivity index (χ0) is 41.1. The topological polar surface area (TPSA) is 242 Å². The maximum Gasteiger partial charge on any atom is 0.328 e. The molecule has 0 aromatic rings. The van der Waals surface area contributed by atoms with Crippen LogP contribution in [-0.2, 0) is 19.2 Å². The fourth-order valence-corrected chi connectivity index (χ4v) is 6.34. The van der Waals surface area contributed by atoms with Crippen LogP contribution in [0.25, 0.3) is 0 Å². The van der Waals surface area contributed by atoms with Gasteiger partial charge in [0.05, 0.1) is 25.4 Å². The number of aliphatic hydroxyl groups is 4. The van der Waals surface area contributed by atoms with Gasteiger partial charge in [0.2, 0.25) is 0 Å². The Labute approximate surface area is 327 Å². The minimum Gasteiger partial charge on any atom is -0.480 e. The van der Waals surface area contributed by atoms with E-state index in [-0.39, 0.29) is 12.8 Å². The van der Waals surface area contributed by atoms with Gasteiger partial charge in [-0.3, -0.25) is 19.2 Å². The van der Waals surface area contributed by atoms with Crippen molar-refractivity contribution in [2.24, 2.45) is 11.5 Å². The van der Waals surface area contributed by atoms with Crippen LogP contribution in [0.1, 0.15) is 206 Å². The van der Waals surface area contributed by atoms with Gasteiger partial charge < -0.3 is 42.1 Å². The molecule has 0 bridgehead atoms. The molecule has 0 aromatic carbocycles. The summed E-state index contributed by atoms with van der Waals surface area (Å²) in [5, 5.41) is 55.9. The summed E-state index contributed by atoms with van der Waals surface area (Å²) in [4.78, 5) is 45.5. The number of unbranched alkanes of at least 4 members (excludes halogenated alkanes) is 20. The number of carboxylic acids is 2. The number of carbonyl (C=O) groups excluding carboxylic acids is 2. The molecule has 0 aliphatic rings. The lowest BCUT2D eigenvalue weighted by molar-refractivity contribution is -0.151. The molecule has 0 amide bonds. The third kappa shape index (κ3) is 27.6. The van der Waals surface area contributed by atoms with Gasteiger partial charge in [-0.05, 0) is 38.5 Å². The summed E-state index contributed by atoms with van der Waals surface area (Å²) < 4.78 is 0. The van der Waals surface area contributed by atoms with E-state index in [0.29, 0.717) is 24.4 Å². The van der Waals surface area contributed by atoms with Crippen molar-refractivity contribution in [2.75, 3.05) is 13.2 Å². The molecule has 0 aliphatic heterocycles. The number of Topliss-reactive ketones (excluding diaryl/α,β-unsaturated/α-hetero) is 2. The van der Waals surface area contributed by atoms with Gasteiger partial charge in [-0.1, -0.05) is 142 Å². The van der Waals surface area contributed by atoms with Crippen molar-refractivity contribution in [3.8, 4) is 0 Å². The Balaban J connectivity index is 0. The lowest BCUT2D eigenvalue weighted by atomic mass is 9.90. The van der Waals surface area contributed by atoms with E-state index in [9.17, 15) is 29.4 Å². The van der Waals surface area contributed by atoms with Crippen molar-refractivity contribution in [3.05, 3.63) is 0 Å². The molecule has 0 aromatic heterocycles. The first kappa shape index (κ1) is 54.1. The summed E-state index contributed by atoms with van der Waals surface area (Å²) in [6.45, 7) is 2.80. The molecule has 0 saturated carbocycles. The Morgan fingerprint density at radius 2 is 0.648 bits per heavy atom. The first-order valence-electron chi connectivity index (χ1n) is 21.4. The molecule has 0 saturated heterocycles. The van der Waals surface area contributed by atoms with Crippen molar-refractivity contribution < 1.29 is 49.8 Å². The molecule has 2 unspecified atom stereocenters. The van der Waals surface area contributed by atoms with Crippen molar-refractivity contribution in [1.29, 1.82) is 0 Å². The van der Waals surface area contributed by atoms with E-state index in [0.717, 1.165) is 128 Å². The number of carboxylic acid groups (broad SMARTS) is 2. The van der Waals surface area contributed by atoms with E-state index in [1.54, 1.807) is 0 Å². The Kier molecular flexibility index (Phi) is 35.5. The lowest BCUT2D eigenvalue weighted by Crippen LogP contribution is -2.60. The van der Waals surface area contributed by atoms with Crippen LogP contribution in [-0.4, -0.2) is 90.6 Å². The molecule has 0 rings (SSSR count). The first-order valence-corrected chi connectivity index (χ1v) is 21.4. The molecule has 12 heteroatoms. The summed E-state index contributed by atoms with van der Waals surface area (Å²) >= 11 is 0. The number of hydrogen-bond donors (Lipinski definition) is 8. The number of aliphatic hydroxyl groups excluding tert-OH is 4. The summed E-state index contributed by atoms with van der Waals surface area (Å²) in [5.41, 5.74) is 7.13. The van der Waals surface area contributed by atoms with Crippen LogP contribution in [0.15, 0.2) is 0 Å². The SMILES string of the molecule is CCCCCCC(=O)CCCCCCCCCCC(O)C(N)(CO)C(=O)O.CCCCCCC(=O)CCCCCCCCCC[C@@H](O)[C@@](N)(CO)C(=O)O. The fraction of sp³-hybridized carbons (Fsp3) is 0.905. The molecule has 0 fully saturated rings. The van der Waals surface area contributed by atoms with Gasteiger partial charge >= 0.3 is 11.9 Å². The summed E-state index contributed by atoms with van der Waals surface area (Å²) in [6, 6.07) is 0. The van der Waals surface area contributed by atoms with Crippen molar-refractivity contribution in [2.45, 2.75) is 230 Å². The fourth-order valence-electron chi connectivity index (χ4n) is 6.34. The van der Waals surface area contributed by atoms with Crippen LogP contribution in [0.3, 0.4) is 0 Å². The maximum absolute atomic E-state index is 11.7. The average molecular weight is 775 g/mol. The van der Waals surface area contributed by atoms with E-state index < -0.39 is 48.4 Å². The zero-order valence-corrected chi connectivity index (χ0v) is 34.3. The molecule has 12 nitrogen and oxygen atoms in total. The molecule has 10 N–H and O–H groups in total. The zero-order valence-electron chi connectivity index (χ0n) is 34.3.